The summed E-state index contributed by atoms with van der Waals surface area (Å²) in [7, 11) is -1.84. The summed E-state index contributed by atoms with van der Waals surface area (Å²) < 4.78 is 32.3. The van der Waals surface area contributed by atoms with Gasteiger partial charge in [-0.05, 0) is 49.8 Å². The molecule has 2 amide bonds. The number of nitrogens with zero attached hydrogens (tertiary/aromatic N) is 1. The Hall–Kier alpha value is -2.75. The van der Waals surface area contributed by atoms with E-state index < -0.39 is 15.9 Å². The Balaban J connectivity index is 1.56. The molecule has 35 heavy (non-hydrogen) atoms. The highest BCUT2D eigenvalue weighted by atomic mass is 32.2. The first-order valence-electron chi connectivity index (χ1n) is 12.1. The van der Waals surface area contributed by atoms with Gasteiger partial charge in [0.15, 0.2) is 0 Å². The molecule has 0 spiro atoms. The van der Waals surface area contributed by atoms with E-state index in [4.69, 9.17) is 4.74 Å². The summed E-state index contributed by atoms with van der Waals surface area (Å²) in [5, 5.41) is 5.68. The Morgan fingerprint density at radius 1 is 1.06 bits per heavy atom. The molecule has 1 fully saturated rings. The first kappa shape index (κ1) is 26.8. The van der Waals surface area contributed by atoms with Crippen molar-refractivity contribution >= 4 is 27.5 Å². The molecule has 1 aliphatic heterocycles. The van der Waals surface area contributed by atoms with Crippen molar-refractivity contribution in [1.82, 2.24) is 9.62 Å². The molecule has 2 aromatic rings. The van der Waals surface area contributed by atoms with Gasteiger partial charge in [0.25, 0.3) is 5.91 Å². The molecular formula is C26H35N3O5S. The second-order valence-electron chi connectivity index (χ2n) is 8.74. The lowest BCUT2D eigenvalue weighted by atomic mass is 9.98. The SMILES string of the molecule is COCCCNC(=O)c1ccccc1NC(=O)[C@@H]1CCCN(S(=O)(=O)CCCc2ccccc2)C1. The number of carbonyl (C=O) groups excluding carboxylic acids is 2. The first-order chi connectivity index (χ1) is 16.9. The molecule has 8 nitrogen and oxygen atoms in total. The van der Waals surface area contributed by atoms with E-state index in [0.717, 1.165) is 5.56 Å². The molecule has 0 radical (unpaired) electrons. The van der Waals surface area contributed by atoms with E-state index in [9.17, 15) is 18.0 Å². The smallest absolute Gasteiger partial charge is 0.253 e. The number of ether oxygens (including phenoxy) is 1. The van der Waals surface area contributed by atoms with E-state index >= 15 is 0 Å². The number of amides is 2. The molecule has 0 aromatic heterocycles. The van der Waals surface area contributed by atoms with Gasteiger partial charge in [0.1, 0.15) is 0 Å². The molecule has 1 aliphatic rings. The van der Waals surface area contributed by atoms with E-state index in [1.807, 2.05) is 30.3 Å². The van der Waals surface area contributed by atoms with Crippen LogP contribution in [0.5, 0.6) is 0 Å². The van der Waals surface area contributed by atoms with Gasteiger partial charge in [-0.25, -0.2) is 12.7 Å². The van der Waals surface area contributed by atoms with Crippen molar-refractivity contribution in [2.45, 2.75) is 32.1 Å². The van der Waals surface area contributed by atoms with Gasteiger partial charge in [0.2, 0.25) is 15.9 Å². The predicted octanol–water partition coefficient (Wildman–Crippen LogP) is 3.07. The quantitative estimate of drug-likeness (QED) is 0.435. The van der Waals surface area contributed by atoms with Gasteiger partial charge in [-0.1, -0.05) is 42.5 Å². The topological polar surface area (TPSA) is 105 Å². The fourth-order valence-corrected chi connectivity index (χ4v) is 5.76. The molecule has 190 valence electrons. The van der Waals surface area contributed by atoms with E-state index in [-0.39, 0.29) is 24.1 Å². The fraction of sp³-hybridized carbons (Fsp3) is 0.462. The standard InChI is InChI=1S/C26H35N3O5S/c1-34-18-9-16-27-26(31)23-14-5-6-15-24(23)28-25(30)22-13-7-17-29(20-22)35(32,33)19-8-12-21-10-3-2-4-11-21/h2-6,10-11,14-15,22H,7-9,12-13,16-20H2,1H3,(H,27,31)(H,28,30)/t22-/m1/s1. The lowest BCUT2D eigenvalue weighted by Crippen LogP contribution is -2.44. The van der Waals surface area contributed by atoms with Crippen LogP contribution in [0.3, 0.4) is 0 Å². The van der Waals surface area contributed by atoms with Crippen LogP contribution in [0.1, 0.15) is 41.6 Å². The van der Waals surface area contributed by atoms with Crippen molar-refractivity contribution in [3.63, 3.8) is 0 Å². The molecule has 1 saturated heterocycles. The van der Waals surface area contributed by atoms with Crippen LogP contribution < -0.4 is 10.6 Å². The van der Waals surface area contributed by atoms with Gasteiger partial charge in [-0.2, -0.15) is 0 Å². The summed E-state index contributed by atoms with van der Waals surface area (Å²) in [5.41, 5.74) is 1.91. The lowest BCUT2D eigenvalue weighted by molar-refractivity contribution is -0.120. The van der Waals surface area contributed by atoms with Crippen LogP contribution in [0.25, 0.3) is 0 Å². The molecule has 2 N–H and O–H groups in total. The number of rotatable bonds is 12. The maximum atomic E-state index is 13.0. The van der Waals surface area contributed by atoms with Crippen molar-refractivity contribution in [2.75, 3.05) is 44.4 Å². The van der Waals surface area contributed by atoms with Gasteiger partial charge in [0.05, 0.1) is 22.9 Å². The number of sulfonamides is 1. The Morgan fingerprint density at radius 2 is 1.80 bits per heavy atom. The molecular weight excluding hydrogens is 466 g/mol. The highest BCUT2D eigenvalue weighted by molar-refractivity contribution is 7.89. The number of nitrogens with one attached hydrogen (secondary N) is 2. The largest absolute Gasteiger partial charge is 0.385 e. The number of hydrogen-bond acceptors (Lipinski definition) is 5. The second-order valence-corrected chi connectivity index (χ2v) is 10.8. The van der Waals surface area contributed by atoms with Gasteiger partial charge in [-0.3, -0.25) is 9.59 Å². The van der Waals surface area contributed by atoms with Gasteiger partial charge < -0.3 is 15.4 Å². The Kier molecular flexibility index (Phi) is 10.3. The number of methoxy groups -OCH3 is 1. The third kappa shape index (κ3) is 8.16. The van der Waals surface area contributed by atoms with E-state index in [2.05, 4.69) is 10.6 Å². The zero-order chi connectivity index (χ0) is 25.1. The summed E-state index contributed by atoms with van der Waals surface area (Å²) >= 11 is 0. The maximum absolute atomic E-state index is 13.0. The minimum atomic E-state index is -3.45. The Labute approximate surface area is 208 Å². The molecule has 0 unspecified atom stereocenters. The van der Waals surface area contributed by atoms with E-state index in [0.29, 0.717) is 63.1 Å². The average molecular weight is 502 g/mol. The van der Waals surface area contributed by atoms with Crippen LogP contribution in [-0.4, -0.2) is 63.6 Å². The predicted molar refractivity (Wildman–Crippen MR) is 137 cm³/mol. The first-order valence-corrected chi connectivity index (χ1v) is 13.7. The molecule has 0 aliphatic carbocycles. The monoisotopic (exact) mass is 501 g/mol. The van der Waals surface area contributed by atoms with Crippen LogP contribution in [0.2, 0.25) is 0 Å². The Morgan fingerprint density at radius 3 is 2.57 bits per heavy atom. The van der Waals surface area contributed by atoms with Crippen molar-refractivity contribution in [3.05, 3.63) is 65.7 Å². The molecule has 3 rings (SSSR count). The van der Waals surface area contributed by atoms with Gasteiger partial charge in [-0.15, -0.1) is 0 Å². The highest BCUT2D eigenvalue weighted by Gasteiger charge is 2.32. The molecule has 1 heterocycles. The molecule has 0 saturated carbocycles. The summed E-state index contributed by atoms with van der Waals surface area (Å²) in [6.45, 7) is 1.60. The fourth-order valence-electron chi connectivity index (χ4n) is 4.18. The number of carbonyl (C=O) groups is 2. The van der Waals surface area contributed by atoms with E-state index in [1.54, 1.807) is 31.4 Å². The van der Waals surface area contributed by atoms with Crippen LogP contribution in [0.15, 0.2) is 54.6 Å². The maximum Gasteiger partial charge on any atom is 0.253 e. The highest BCUT2D eigenvalue weighted by Crippen LogP contribution is 2.23. The zero-order valence-electron chi connectivity index (χ0n) is 20.2. The molecule has 1 atom stereocenters. The lowest BCUT2D eigenvalue weighted by Gasteiger charge is -2.31. The van der Waals surface area contributed by atoms with Gasteiger partial charge in [0, 0.05) is 33.4 Å². The third-order valence-corrected chi connectivity index (χ3v) is 8.02. The average Bonchev–Trinajstić information content (AvgIpc) is 2.87. The summed E-state index contributed by atoms with van der Waals surface area (Å²) in [5.74, 6) is -0.954. The molecule has 0 bridgehead atoms. The number of hydrogen-bond donors (Lipinski definition) is 2. The van der Waals surface area contributed by atoms with Crippen molar-refractivity contribution in [2.24, 2.45) is 5.92 Å². The molecule has 2 aromatic carbocycles. The number of para-hydroxylation sites is 1. The van der Waals surface area contributed by atoms with Crippen LogP contribution >= 0.6 is 0 Å². The minimum Gasteiger partial charge on any atom is -0.385 e. The normalized spacial score (nSPS) is 16.5. The minimum absolute atomic E-state index is 0.0578. The van der Waals surface area contributed by atoms with Crippen LogP contribution in [0, 0.1) is 5.92 Å². The zero-order valence-corrected chi connectivity index (χ0v) is 21.1. The summed E-state index contributed by atoms with van der Waals surface area (Å²) in [6, 6.07) is 16.6. The molecule has 9 heteroatoms. The summed E-state index contributed by atoms with van der Waals surface area (Å²) in [4.78, 5) is 25.6. The van der Waals surface area contributed by atoms with Crippen molar-refractivity contribution < 1.29 is 22.7 Å². The van der Waals surface area contributed by atoms with Crippen LogP contribution in [0.4, 0.5) is 5.69 Å². The second kappa shape index (κ2) is 13.4. The van der Waals surface area contributed by atoms with Crippen LogP contribution in [-0.2, 0) is 26.0 Å². The number of anilines is 1. The van der Waals surface area contributed by atoms with Crippen molar-refractivity contribution in [1.29, 1.82) is 0 Å². The Bertz CT molecular complexity index is 1080. The number of aryl methyl sites for hydroxylation is 1. The number of piperidine rings is 1. The summed E-state index contributed by atoms with van der Waals surface area (Å²) in [6.07, 6.45) is 3.15. The van der Waals surface area contributed by atoms with E-state index in [1.165, 1.54) is 4.31 Å². The van der Waals surface area contributed by atoms with Gasteiger partial charge >= 0.3 is 0 Å². The van der Waals surface area contributed by atoms with Crippen molar-refractivity contribution in [3.8, 4) is 0 Å². The third-order valence-electron chi connectivity index (χ3n) is 6.10. The number of benzene rings is 2.